The van der Waals surface area contributed by atoms with E-state index in [0.717, 1.165) is 17.0 Å². The largest absolute Gasteiger partial charge is 0.454 e. The molecular formula is C19H17N5O3. The molecule has 2 N–H and O–H groups in total. The summed E-state index contributed by atoms with van der Waals surface area (Å²) in [5.74, 6) is 1.71. The van der Waals surface area contributed by atoms with Crippen LogP contribution in [0.2, 0.25) is 0 Å². The van der Waals surface area contributed by atoms with E-state index in [1.54, 1.807) is 12.4 Å². The van der Waals surface area contributed by atoms with Gasteiger partial charge < -0.3 is 14.8 Å². The highest BCUT2D eigenvalue weighted by Crippen LogP contribution is 2.38. The number of hydrogen-bond acceptors (Lipinski definition) is 6. The SMILES string of the molecule is O=C(NCc1cc(C2CC2)ncn1)c1cc(-c2ccc3c(c2)OCO3)n[nH]1. The maximum absolute atomic E-state index is 12.4. The third-order valence-corrected chi connectivity index (χ3v) is 4.66. The summed E-state index contributed by atoms with van der Waals surface area (Å²) in [4.78, 5) is 20.9. The number of hydrogen-bond donors (Lipinski definition) is 2. The molecule has 1 saturated carbocycles. The number of rotatable bonds is 5. The Hall–Kier alpha value is -3.42. The van der Waals surface area contributed by atoms with Gasteiger partial charge in [-0.05, 0) is 43.2 Å². The van der Waals surface area contributed by atoms with Crippen LogP contribution in [0.3, 0.4) is 0 Å². The van der Waals surface area contributed by atoms with E-state index in [9.17, 15) is 4.79 Å². The molecular weight excluding hydrogens is 346 g/mol. The third kappa shape index (κ3) is 3.21. The summed E-state index contributed by atoms with van der Waals surface area (Å²) >= 11 is 0. The zero-order valence-electron chi connectivity index (χ0n) is 14.4. The van der Waals surface area contributed by atoms with Crippen LogP contribution >= 0.6 is 0 Å². The molecule has 0 spiro atoms. The third-order valence-electron chi connectivity index (χ3n) is 4.66. The van der Waals surface area contributed by atoms with Crippen LogP contribution in [0.25, 0.3) is 11.3 Å². The summed E-state index contributed by atoms with van der Waals surface area (Å²) in [6, 6.07) is 9.23. The molecule has 0 radical (unpaired) electrons. The molecule has 3 aromatic rings. The van der Waals surface area contributed by atoms with Crippen LogP contribution in [0, 0.1) is 0 Å². The van der Waals surface area contributed by atoms with E-state index in [0.29, 0.717) is 35.3 Å². The lowest BCUT2D eigenvalue weighted by atomic mass is 10.1. The van der Waals surface area contributed by atoms with Gasteiger partial charge in [-0.15, -0.1) is 0 Å². The minimum atomic E-state index is -0.235. The minimum Gasteiger partial charge on any atom is -0.454 e. The summed E-state index contributed by atoms with van der Waals surface area (Å²) in [5.41, 5.74) is 3.76. The number of fused-ring (bicyclic) bond motifs is 1. The Labute approximate surface area is 154 Å². The second-order valence-electron chi connectivity index (χ2n) is 6.63. The monoisotopic (exact) mass is 363 g/mol. The van der Waals surface area contributed by atoms with Crippen LogP contribution in [-0.4, -0.2) is 32.9 Å². The molecule has 5 rings (SSSR count). The molecule has 136 valence electrons. The lowest BCUT2D eigenvalue weighted by Crippen LogP contribution is -2.23. The molecule has 2 aromatic heterocycles. The molecule has 0 saturated heterocycles. The lowest BCUT2D eigenvalue weighted by molar-refractivity contribution is 0.0945. The van der Waals surface area contributed by atoms with Gasteiger partial charge in [0.25, 0.3) is 5.91 Å². The van der Waals surface area contributed by atoms with Crippen molar-refractivity contribution in [2.75, 3.05) is 6.79 Å². The van der Waals surface area contributed by atoms with Crippen molar-refractivity contribution in [2.45, 2.75) is 25.3 Å². The molecule has 1 amide bonds. The van der Waals surface area contributed by atoms with Gasteiger partial charge in [0.1, 0.15) is 12.0 Å². The smallest absolute Gasteiger partial charge is 0.269 e. The highest BCUT2D eigenvalue weighted by molar-refractivity contribution is 5.93. The van der Waals surface area contributed by atoms with Gasteiger partial charge in [-0.25, -0.2) is 9.97 Å². The van der Waals surface area contributed by atoms with Gasteiger partial charge in [-0.2, -0.15) is 5.10 Å². The van der Waals surface area contributed by atoms with E-state index in [2.05, 4.69) is 25.5 Å². The standard InChI is InChI=1S/C19H17N5O3/c25-19(20-8-13-6-14(11-1-2-11)22-9-21-13)16-7-15(23-24-16)12-3-4-17-18(5-12)27-10-26-17/h3-7,9,11H,1-2,8,10H2,(H,20,25)(H,23,24). The highest BCUT2D eigenvalue weighted by Gasteiger charge is 2.25. The first-order chi connectivity index (χ1) is 13.3. The van der Waals surface area contributed by atoms with Crippen molar-refractivity contribution in [3.8, 4) is 22.8 Å². The van der Waals surface area contributed by atoms with E-state index in [1.807, 2.05) is 24.3 Å². The van der Waals surface area contributed by atoms with Crippen LogP contribution < -0.4 is 14.8 Å². The number of nitrogens with zero attached hydrogens (tertiary/aromatic N) is 3. The summed E-state index contributed by atoms with van der Waals surface area (Å²) in [7, 11) is 0. The predicted octanol–water partition coefficient (Wildman–Crippen LogP) is 2.40. The predicted molar refractivity (Wildman–Crippen MR) is 95.3 cm³/mol. The number of aromatic nitrogens is 4. The van der Waals surface area contributed by atoms with Gasteiger partial charge in [-0.3, -0.25) is 9.89 Å². The first-order valence-electron chi connectivity index (χ1n) is 8.81. The number of carbonyl (C=O) groups excluding carboxylic acids is 1. The Kier molecular flexibility index (Phi) is 3.74. The average molecular weight is 363 g/mol. The molecule has 8 heteroatoms. The number of aromatic amines is 1. The second-order valence-corrected chi connectivity index (χ2v) is 6.63. The zero-order valence-corrected chi connectivity index (χ0v) is 14.4. The van der Waals surface area contributed by atoms with E-state index in [1.165, 1.54) is 12.8 Å². The van der Waals surface area contributed by atoms with E-state index in [-0.39, 0.29) is 12.7 Å². The molecule has 1 aliphatic carbocycles. The summed E-state index contributed by atoms with van der Waals surface area (Å²) in [5, 5.41) is 9.87. The summed E-state index contributed by atoms with van der Waals surface area (Å²) in [6.07, 6.45) is 3.92. The maximum Gasteiger partial charge on any atom is 0.269 e. The molecule has 0 bridgehead atoms. The van der Waals surface area contributed by atoms with Crippen LogP contribution in [0.1, 0.15) is 40.6 Å². The number of benzene rings is 1. The fraction of sp³-hybridized carbons (Fsp3) is 0.263. The van der Waals surface area contributed by atoms with Gasteiger partial charge in [0, 0.05) is 17.2 Å². The van der Waals surface area contributed by atoms with E-state index >= 15 is 0 Å². The molecule has 1 fully saturated rings. The minimum absolute atomic E-state index is 0.221. The number of carbonyl (C=O) groups is 1. The second kappa shape index (κ2) is 6.39. The zero-order chi connectivity index (χ0) is 18.2. The molecule has 8 nitrogen and oxygen atoms in total. The average Bonchev–Trinajstić information content (AvgIpc) is 3.25. The van der Waals surface area contributed by atoms with Crippen molar-refractivity contribution >= 4 is 5.91 Å². The van der Waals surface area contributed by atoms with Gasteiger partial charge in [0.05, 0.1) is 17.9 Å². The molecule has 1 aliphatic heterocycles. The Morgan fingerprint density at radius 3 is 2.93 bits per heavy atom. The summed E-state index contributed by atoms with van der Waals surface area (Å²) in [6.45, 7) is 0.567. The van der Waals surface area contributed by atoms with Crippen molar-refractivity contribution in [3.05, 3.63) is 53.7 Å². The first kappa shape index (κ1) is 15.8. The highest BCUT2D eigenvalue weighted by atomic mass is 16.7. The van der Waals surface area contributed by atoms with Gasteiger partial charge in [0.15, 0.2) is 11.5 Å². The quantitative estimate of drug-likeness (QED) is 0.722. The number of ether oxygens (including phenoxy) is 2. The first-order valence-corrected chi connectivity index (χ1v) is 8.81. The van der Waals surface area contributed by atoms with Crippen molar-refractivity contribution in [1.29, 1.82) is 0 Å². The Morgan fingerprint density at radius 1 is 1.15 bits per heavy atom. The van der Waals surface area contributed by atoms with Crippen LogP contribution in [0.5, 0.6) is 11.5 Å². The number of amides is 1. The van der Waals surface area contributed by atoms with Crippen LogP contribution in [0.4, 0.5) is 0 Å². The summed E-state index contributed by atoms with van der Waals surface area (Å²) < 4.78 is 10.7. The lowest BCUT2D eigenvalue weighted by Gasteiger charge is -2.04. The normalized spacial score (nSPS) is 15.0. The Bertz CT molecular complexity index is 1010. The van der Waals surface area contributed by atoms with E-state index in [4.69, 9.17) is 9.47 Å². The van der Waals surface area contributed by atoms with E-state index < -0.39 is 0 Å². The molecule has 3 heterocycles. The van der Waals surface area contributed by atoms with Crippen molar-refractivity contribution in [3.63, 3.8) is 0 Å². The van der Waals surface area contributed by atoms with Crippen molar-refractivity contribution in [2.24, 2.45) is 0 Å². The van der Waals surface area contributed by atoms with Gasteiger partial charge >= 0.3 is 0 Å². The molecule has 0 atom stereocenters. The Balaban J connectivity index is 1.26. The van der Waals surface area contributed by atoms with Crippen LogP contribution in [0.15, 0.2) is 36.7 Å². The van der Waals surface area contributed by atoms with Gasteiger partial charge in [0.2, 0.25) is 6.79 Å². The van der Waals surface area contributed by atoms with Crippen molar-refractivity contribution < 1.29 is 14.3 Å². The van der Waals surface area contributed by atoms with Gasteiger partial charge in [-0.1, -0.05) is 0 Å². The van der Waals surface area contributed by atoms with Crippen molar-refractivity contribution in [1.82, 2.24) is 25.5 Å². The molecule has 1 aromatic carbocycles. The maximum atomic E-state index is 12.4. The Morgan fingerprint density at radius 2 is 2.04 bits per heavy atom. The fourth-order valence-corrected chi connectivity index (χ4v) is 3.02. The molecule has 2 aliphatic rings. The molecule has 0 unspecified atom stereocenters. The molecule has 27 heavy (non-hydrogen) atoms. The fourth-order valence-electron chi connectivity index (χ4n) is 3.02. The number of H-pyrrole nitrogens is 1. The van der Waals surface area contributed by atoms with Crippen LogP contribution in [-0.2, 0) is 6.54 Å². The topological polar surface area (TPSA) is 102 Å². The number of nitrogens with one attached hydrogen (secondary N) is 2.